The molecule has 3 rings (SSSR count). The number of aromatic amines is 1. The van der Waals surface area contributed by atoms with Crippen LogP contribution in [0.2, 0.25) is 0 Å². The number of aromatic carboxylic acids is 1. The molecule has 0 saturated carbocycles. The average molecular weight is 312 g/mol. The van der Waals surface area contributed by atoms with Crippen molar-refractivity contribution >= 4 is 34.5 Å². The summed E-state index contributed by atoms with van der Waals surface area (Å²) < 4.78 is 0. The van der Waals surface area contributed by atoms with E-state index < -0.39 is 5.97 Å². The molecule has 1 heterocycles. The Morgan fingerprint density at radius 1 is 1.05 bits per heavy atom. The van der Waals surface area contributed by atoms with E-state index in [1.807, 2.05) is 24.3 Å². The van der Waals surface area contributed by atoms with Crippen molar-refractivity contribution in [2.45, 2.75) is 5.16 Å². The first-order valence-electron chi connectivity index (χ1n) is 6.57. The van der Waals surface area contributed by atoms with Gasteiger partial charge < -0.3 is 10.1 Å². The van der Waals surface area contributed by atoms with E-state index in [1.165, 1.54) is 36.0 Å². The number of imidazole rings is 1. The number of Topliss-reactive ketones (excluding diaryl/α,β-unsaturated/α-hetero) is 1. The third-order valence-corrected chi connectivity index (χ3v) is 4.03. The van der Waals surface area contributed by atoms with E-state index in [0.717, 1.165) is 11.0 Å². The Morgan fingerprint density at radius 2 is 1.73 bits per heavy atom. The fourth-order valence-electron chi connectivity index (χ4n) is 2.01. The lowest BCUT2D eigenvalue weighted by Crippen LogP contribution is -2.04. The summed E-state index contributed by atoms with van der Waals surface area (Å²) in [5.74, 6) is -0.829. The molecule has 110 valence electrons. The molecule has 22 heavy (non-hydrogen) atoms. The van der Waals surface area contributed by atoms with Gasteiger partial charge >= 0.3 is 5.97 Å². The SMILES string of the molecule is O=C(O)c1ccc(C(=O)CSc2nc3ccccc3[nH]2)cc1. The molecule has 2 N–H and O–H groups in total. The molecule has 5 nitrogen and oxygen atoms in total. The zero-order chi connectivity index (χ0) is 15.5. The summed E-state index contributed by atoms with van der Waals surface area (Å²) in [5, 5.41) is 9.53. The third-order valence-electron chi connectivity index (χ3n) is 3.16. The summed E-state index contributed by atoms with van der Waals surface area (Å²) in [5.41, 5.74) is 2.46. The second kappa shape index (κ2) is 6.03. The van der Waals surface area contributed by atoms with Crippen molar-refractivity contribution in [3.63, 3.8) is 0 Å². The first-order chi connectivity index (χ1) is 10.6. The Bertz CT molecular complexity index is 807. The van der Waals surface area contributed by atoms with Gasteiger partial charge in [0.25, 0.3) is 0 Å². The number of fused-ring (bicyclic) bond motifs is 1. The lowest BCUT2D eigenvalue weighted by atomic mass is 10.1. The van der Waals surface area contributed by atoms with E-state index in [4.69, 9.17) is 5.11 Å². The molecular weight excluding hydrogens is 300 g/mol. The molecule has 1 aromatic heterocycles. The van der Waals surface area contributed by atoms with Gasteiger partial charge in [-0.15, -0.1) is 0 Å². The number of nitrogens with one attached hydrogen (secondary N) is 1. The molecule has 0 saturated heterocycles. The predicted molar refractivity (Wildman–Crippen MR) is 84.5 cm³/mol. The van der Waals surface area contributed by atoms with Gasteiger partial charge in [0.2, 0.25) is 0 Å². The summed E-state index contributed by atoms with van der Waals surface area (Å²) in [6.45, 7) is 0. The minimum absolute atomic E-state index is 0.0672. The molecular formula is C16H12N2O3S. The molecule has 0 atom stereocenters. The molecule has 2 aromatic carbocycles. The van der Waals surface area contributed by atoms with E-state index in [1.54, 1.807) is 0 Å². The second-order valence-electron chi connectivity index (χ2n) is 4.65. The lowest BCUT2D eigenvalue weighted by molar-refractivity contribution is 0.0696. The summed E-state index contributed by atoms with van der Waals surface area (Å²) in [6, 6.07) is 13.6. The van der Waals surface area contributed by atoms with Gasteiger partial charge in [0.15, 0.2) is 10.9 Å². The van der Waals surface area contributed by atoms with Gasteiger partial charge in [-0.25, -0.2) is 9.78 Å². The Labute approximate surface area is 130 Å². The number of carboxylic acids is 1. The first-order valence-corrected chi connectivity index (χ1v) is 7.56. The van der Waals surface area contributed by atoms with Crippen LogP contribution in [-0.4, -0.2) is 32.6 Å². The quantitative estimate of drug-likeness (QED) is 0.558. The highest BCUT2D eigenvalue weighted by molar-refractivity contribution is 7.99. The Balaban J connectivity index is 1.67. The number of ketones is 1. The van der Waals surface area contributed by atoms with Crippen molar-refractivity contribution in [2.75, 3.05) is 5.75 Å². The Morgan fingerprint density at radius 3 is 2.41 bits per heavy atom. The predicted octanol–water partition coefficient (Wildman–Crippen LogP) is 3.24. The van der Waals surface area contributed by atoms with Crippen LogP contribution in [-0.2, 0) is 0 Å². The van der Waals surface area contributed by atoms with Gasteiger partial charge in [0, 0.05) is 5.56 Å². The number of nitrogens with zero attached hydrogens (tertiary/aromatic N) is 1. The maximum Gasteiger partial charge on any atom is 0.335 e. The molecule has 3 aromatic rings. The Hall–Kier alpha value is -2.60. The molecule has 0 aliphatic heterocycles. The highest BCUT2D eigenvalue weighted by Gasteiger charge is 2.10. The average Bonchev–Trinajstić information content (AvgIpc) is 2.95. The van der Waals surface area contributed by atoms with Gasteiger partial charge in [-0.1, -0.05) is 36.0 Å². The summed E-state index contributed by atoms with van der Waals surface area (Å²) in [6.07, 6.45) is 0. The van der Waals surface area contributed by atoms with Crippen LogP contribution < -0.4 is 0 Å². The van der Waals surface area contributed by atoms with E-state index in [9.17, 15) is 9.59 Å². The third kappa shape index (κ3) is 3.01. The van der Waals surface area contributed by atoms with Crippen molar-refractivity contribution in [3.8, 4) is 0 Å². The fraction of sp³-hybridized carbons (Fsp3) is 0.0625. The number of H-pyrrole nitrogens is 1. The molecule has 0 spiro atoms. The van der Waals surface area contributed by atoms with Crippen LogP contribution >= 0.6 is 11.8 Å². The number of para-hydroxylation sites is 2. The molecule has 0 fully saturated rings. The summed E-state index contributed by atoms with van der Waals surface area (Å²) in [7, 11) is 0. The van der Waals surface area contributed by atoms with Crippen LogP contribution in [0, 0.1) is 0 Å². The molecule has 0 unspecified atom stereocenters. The fourth-order valence-corrected chi connectivity index (χ4v) is 2.79. The zero-order valence-corrected chi connectivity index (χ0v) is 12.3. The van der Waals surface area contributed by atoms with Crippen molar-refractivity contribution in [2.24, 2.45) is 0 Å². The van der Waals surface area contributed by atoms with Crippen molar-refractivity contribution in [1.82, 2.24) is 9.97 Å². The number of hydrogen-bond acceptors (Lipinski definition) is 4. The van der Waals surface area contributed by atoms with Crippen LogP contribution in [0.3, 0.4) is 0 Å². The maximum absolute atomic E-state index is 12.1. The smallest absolute Gasteiger partial charge is 0.335 e. The number of thioether (sulfide) groups is 1. The van der Waals surface area contributed by atoms with Gasteiger partial charge in [0.1, 0.15) is 0 Å². The van der Waals surface area contributed by atoms with E-state index in [2.05, 4.69) is 9.97 Å². The number of carbonyl (C=O) groups excluding carboxylic acids is 1. The molecule has 0 aliphatic rings. The lowest BCUT2D eigenvalue weighted by Gasteiger charge is -2.00. The Kier molecular flexibility index (Phi) is 3.93. The molecule has 0 bridgehead atoms. The first kappa shape index (κ1) is 14.3. The van der Waals surface area contributed by atoms with E-state index in [0.29, 0.717) is 10.7 Å². The van der Waals surface area contributed by atoms with Gasteiger partial charge in [0.05, 0.1) is 22.3 Å². The minimum atomic E-state index is -1.00. The summed E-state index contributed by atoms with van der Waals surface area (Å²) in [4.78, 5) is 30.4. The topological polar surface area (TPSA) is 83.0 Å². The number of carbonyl (C=O) groups is 2. The molecule has 0 amide bonds. The number of benzene rings is 2. The largest absolute Gasteiger partial charge is 0.478 e. The highest BCUT2D eigenvalue weighted by atomic mass is 32.2. The molecule has 0 aliphatic carbocycles. The van der Waals surface area contributed by atoms with Crippen LogP contribution in [0.4, 0.5) is 0 Å². The monoisotopic (exact) mass is 312 g/mol. The number of hydrogen-bond donors (Lipinski definition) is 2. The van der Waals surface area contributed by atoms with Crippen molar-refractivity contribution in [1.29, 1.82) is 0 Å². The van der Waals surface area contributed by atoms with Crippen molar-refractivity contribution in [3.05, 3.63) is 59.7 Å². The van der Waals surface area contributed by atoms with Crippen molar-refractivity contribution < 1.29 is 14.7 Å². The van der Waals surface area contributed by atoms with E-state index >= 15 is 0 Å². The second-order valence-corrected chi connectivity index (χ2v) is 5.62. The van der Waals surface area contributed by atoms with Crippen LogP contribution in [0.25, 0.3) is 11.0 Å². The standard InChI is InChI=1S/C16H12N2O3S/c19-14(10-5-7-11(8-6-10)15(20)21)9-22-16-17-12-3-1-2-4-13(12)18-16/h1-8H,9H2,(H,17,18)(H,20,21). The van der Waals surface area contributed by atoms with Gasteiger partial charge in [-0.3, -0.25) is 4.79 Å². The van der Waals surface area contributed by atoms with Crippen LogP contribution in [0.5, 0.6) is 0 Å². The maximum atomic E-state index is 12.1. The van der Waals surface area contributed by atoms with Crippen LogP contribution in [0.1, 0.15) is 20.7 Å². The van der Waals surface area contributed by atoms with E-state index in [-0.39, 0.29) is 17.1 Å². The number of carboxylic acid groups (broad SMARTS) is 1. The van der Waals surface area contributed by atoms with Gasteiger partial charge in [-0.2, -0.15) is 0 Å². The zero-order valence-electron chi connectivity index (χ0n) is 11.4. The van der Waals surface area contributed by atoms with Crippen LogP contribution in [0.15, 0.2) is 53.7 Å². The molecule has 6 heteroatoms. The van der Waals surface area contributed by atoms with Gasteiger partial charge in [-0.05, 0) is 24.3 Å². The normalized spacial score (nSPS) is 10.7. The minimum Gasteiger partial charge on any atom is -0.478 e. The molecule has 0 radical (unpaired) electrons. The number of rotatable bonds is 5. The highest BCUT2D eigenvalue weighted by Crippen LogP contribution is 2.20. The number of aromatic nitrogens is 2. The summed E-state index contributed by atoms with van der Waals surface area (Å²) >= 11 is 1.33.